The Morgan fingerprint density at radius 2 is 1.78 bits per heavy atom. The molecule has 0 radical (unpaired) electrons. The average Bonchev–Trinajstić information content (AvgIpc) is 2.39. The third-order valence-electron chi connectivity index (χ3n) is 2.62. The molecule has 0 saturated heterocycles. The molecule has 1 heterocycles. The van der Waals surface area contributed by atoms with Crippen LogP contribution in [0.25, 0.3) is 0 Å². The molecule has 0 fully saturated rings. The molecular formula is C14H14N2O2. The zero-order valence-electron chi connectivity index (χ0n) is 10.4. The van der Waals surface area contributed by atoms with Crippen molar-refractivity contribution < 1.29 is 9.53 Å². The maximum Gasteiger partial charge on any atom is 0.166 e. The van der Waals surface area contributed by atoms with Gasteiger partial charge in [0.05, 0.1) is 5.56 Å². The Labute approximate surface area is 106 Å². The van der Waals surface area contributed by atoms with E-state index in [0.717, 1.165) is 23.2 Å². The van der Waals surface area contributed by atoms with Crippen molar-refractivity contribution >= 4 is 6.29 Å². The van der Waals surface area contributed by atoms with E-state index < -0.39 is 0 Å². The van der Waals surface area contributed by atoms with Gasteiger partial charge in [0.2, 0.25) is 0 Å². The summed E-state index contributed by atoms with van der Waals surface area (Å²) in [6, 6.07) is 5.99. The summed E-state index contributed by atoms with van der Waals surface area (Å²) >= 11 is 0. The van der Waals surface area contributed by atoms with Crippen molar-refractivity contribution in [2.45, 2.75) is 20.5 Å². The summed E-state index contributed by atoms with van der Waals surface area (Å²) in [6.07, 6.45) is 3.70. The summed E-state index contributed by atoms with van der Waals surface area (Å²) in [5.74, 6) is 1.42. The van der Waals surface area contributed by atoms with Crippen molar-refractivity contribution in [3.05, 3.63) is 53.1 Å². The first kappa shape index (κ1) is 12.2. The lowest BCUT2D eigenvalue weighted by atomic mass is 10.1. The summed E-state index contributed by atoms with van der Waals surface area (Å²) in [5, 5.41) is 0. The standard InChI is InChI=1S/C14H14N2O2/c1-10-4-3-5-11(2)14(10)18-9-13-15-6-12(8-17)7-16-13/h3-8H,9H2,1-2H3. The molecule has 0 atom stereocenters. The molecular weight excluding hydrogens is 228 g/mol. The summed E-state index contributed by atoms with van der Waals surface area (Å²) < 4.78 is 5.71. The molecule has 92 valence electrons. The lowest BCUT2D eigenvalue weighted by molar-refractivity contribution is 0.112. The Morgan fingerprint density at radius 3 is 2.33 bits per heavy atom. The zero-order valence-corrected chi connectivity index (χ0v) is 10.4. The number of carbonyl (C=O) groups excluding carboxylic acids is 1. The fourth-order valence-electron chi connectivity index (χ4n) is 1.66. The van der Waals surface area contributed by atoms with Crippen LogP contribution in [0.1, 0.15) is 27.3 Å². The molecule has 1 aromatic heterocycles. The van der Waals surface area contributed by atoms with E-state index in [-0.39, 0.29) is 0 Å². The maximum absolute atomic E-state index is 10.5. The topological polar surface area (TPSA) is 52.1 Å². The number of ether oxygens (including phenoxy) is 1. The number of aldehydes is 1. The predicted molar refractivity (Wildman–Crippen MR) is 67.7 cm³/mol. The number of hydrogen-bond acceptors (Lipinski definition) is 4. The molecule has 0 aliphatic heterocycles. The molecule has 2 rings (SSSR count). The van der Waals surface area contributed by atoms with E-state index in [1.807, 2.05) is 32.0 Å². The van der Waals surface area contributed by atoms with Gasteiger partial charge in [-0.1, -0.05) is 18.2 Å². The summed E-state index contributed by atoms with van der Waals surface area (Å²) in [4.78, 5) is 18.6. The fraction of sp³-hybridized carbons (Fsp3) is 0.214. The molecule has 0 unspecified atom stereocenters. The highest BCUT2D eigenvalue weighted by molar-refractivity contribution is 5.73. The van der Waals surface area contributed by atoms with Gasteiger partial charge in [0, 0.05) is 12.4 Å². The molecule has 18 heavy (non-hydrogen) atoms. The Balaban J connectivity index is 2.09. The molecule has 0 bridgehead atoms. The molecule has 0 aliphatic rings. The van der Waals surface area contributed by atoms with E-state index in [4.69, 9.17) is 4.74 Å². The van der Waals surface area contributed by atoms with Gasteiger partial charge in [0.15, 0.2) is 12.1 Å². The first-order valence-electron chi connectivity index (χ1n) is 5.66. The number of hydrogen-bond donors (Lipinski definition) is 0. The van der Waals surface area contributed by atoms with Crippen LogP contribution in [-0.2, 0) is 6.61 Å². The van der Waals surface area contributed by atoms with Crippen molar-refractivity contribution in [3.63, 3.8) is 0 Å². The van der Waals surface area contributed by atoms with Crippen LogP contribution in [-0.4, -0.2) is 16.3 Å². The Kier molecular flexibility index (Phi) is 3.67. The number of nitrogens with zero attached hydrogens (tertiary/aromatic N) is 2. The number of carbonyl (C=O) groups is 1. The minimum Gasteiger partial charge on any atom is -0.485 e. The van der Waals surface area contributed by atoms with Crippen LogP contribution in [0.5, 0.6) is 5.75 Å². The molecule has 4 nitrogen and oxygen atoms in total. The van der Waals surface area contributed by atoms with Crippen molar-refractivity contribution in [2.24, 2.45) is 0 Å². The van der Waals surface area contributed by atoms with E-state index >= 15 is 0 Å². The second-order valence-electron chi connectivity index (χ2n) is 4.06. The van der Waals surface area contributed by atoms with Gasteiger partial charge in [-0.25, -0.2) is 9.97 Å². The SMILES string of the molecule is Cc1cccc(C)c1OCc1ncc(C=O)cn1. The van der Waals surface area contributed by atoms with Gasteiger partial charge in [-0.3, -0.25) is 4.79 Å². The van der Waals surface area contributed by atoms with E-state index in [2.05, 4.69) is 9.97 Å². The molecule has 0 saturated carbocycles. The highest BCUT2D eigenvalue weighted by Crippen LogP contribution is 2.22. The number of para-hydroxylation sites is 1. The summed E-state index contributed by atoms with van der Waals surface area (Å²) in [7, 11) is 0. The van der Waals surface area contributed by atoms with E-state index in [1.165, 1.54) is 12.4 Å². The largest absolute Gasteiger partial charge is 0.485 e. The van der Waals surface area contributed by atoms with Crippen molar-refractivity contribution in [1.82, 2.24) is 9.97 Å². The van der Waals surface area contributed by atoms with E-state index in [1.54, 1.807) is 0 Å². The molecule has 2 aromatic rings. The van der Waals surface area contributed by atoms with Gasteiger partial charge in [-0.15, -0.1) is 0 Å². The number of aromatic nitrogens is 2. The second kappa shape index (κ2) is 5.40. The fourth-order valence-corrected chi connectivity index (χ4v) is 1.66. The molecule has 0 N–H and O–H groups in total. The third-order valence-corrected chi connectivity index (χ3v) is 2.62. The van der Waals surface area contributed by atoms with Gasteiger partial charge in [0.25, 0.3) is 0 Å². The van der Waals surface area contributed by atoms with Crippen LogP contribution in [0.4, 0.5) is 0 Å². The number of benzene rings is 1. The summed E-state index contributed by atoms with van der Waals surface area (Å²) in [6.45, 7) is 4.29. The van der Waals surface area contributed by atoms with E-state index in [9.17, 15) is 4.79 Å². The third kappa shape index (κ3) is 2.71. The molecule has 0 spiro atoms. The van der Waals surface area contributed by atoms with E-state index in [0.29, 0.717) is 18.0 Å². The monoisotopic (exact) mass is 242 g/mol. The van der Waals surface area contributed by atoms with Crippen LogP contribution in [0.3, 0.4) is 0 Å². The molecule has 4 heteroatoms. The van der Waals surface area contributed by atoms with Crippen LogP contribution in [0.15, 0.2) is 30.6 Å². The van der Waals surface area contributed by atoms with Crippen LogP contribution >= 0.6 is 0 Å². The first-order valence-corrected chi connectivity index (χ1v) is 5.66. The normalized spacial score (nSPS) is 10.1. The second-order valence-corrected chi connectivity index (χ2v) is 4.06. The smallest absolute Gasteiger partial charge is 0.166 e. The first-order chi connectivity index (χ1) is 8.70. The minimum absolute atomic E-state index is 0.296. The summed E-state index contributed by atoms with van der Waals surface area (Å²) in [5.41, 5.74) is 2.63. The molecule has 0 amide bonds. The Morgan fingerprint density at radius 1 is 1.17 bits per heavy atom. The number of rotatable bonds is 4. The van der Waals surface area contributed by atoms with Crippen molar-refractivity contribution in [2.75, 3.05) is 0 Å². The van der Waals surface area contributed by atoms with Gasteiger partial charge in [-0.2, -0.15) is 0 Å². The van der Waals surface area contributed by atoms with Gasteiger partial charge >= 0.3 is 0 Å². The van der Waals surface area contributed by atoms with Crippen molar-refractivity contribution in [1.29, 1.82) is 0 Å². The highest BCUT2D eigenvalue weighted by atomic mass is 16.5. The zero-order chi connectivity index (χ0) is 13.0. The maximum atomic E-state index is 10.5. The van der Waals surface area contributed by atoms with Crippen LogP contribution < -0.4 is 4.74 Å². The molecule has 0 aliphatic carbocycles. The Hall–Kier alpha value is -2.23. The quantitative estimate of drug-likeness (QED) is 0.773. The van der Waals surface area contributed by atoms with Gasteiger partial charge in [0.1, 0.15) is 12.4 Å². The predicted octanol–water partition coefficient (Wildman–Crippen LogP) is 2.48. The van der Waals surface area contributed by atoms with Gasteiger partial charge in [-0.05, 0) is 25.0 Å². The van der Waals surface area contributed by atoms with Crippen LogP contribution in [0.2, 0.25) is 0 Å². The Bertz CT molecular complexity index is 530. The average molecular weight is 242 g/mol. The lowest BCUT2D eigenvalue weighted by Crippen LogP contribution is -2.03. The molecule has 1 aromatic carbocycles. The lowest BCUT2D eigenvalue weighted by Gasteiger charge is -2.10. The highest BCUT2D eigenvalue weighted by Gasteiger charge is 2.04. The van der Waals surface area contributed by atoms with Crippen LogP contribution in [0, 0.1) is 13.8 Å². The van der Waals surface area contributed by atoms with Crippen molar-refractivity contribution in [3.8, 4) is 5.75 Å². The number of aryl methyl sites for hydroxylation is 2. The minimum atomic E-state index is 0.296. The van der Waals surface area contributed by atoms with Gasteiger partial charge < -0.3 is 4.74 Å².